The predicted molar refractivity (Wildman–Crippen MR) is 96.7 cm³/mol. The van der Waals surface area contributed by atoms with Crippen LogP contribution in [0.5, 0.6) is 0 Å². The minimum absolute atomic E-state index is 0.301. The second kappa shape index (κ2) is 6.77. The highest BCUT2D eigenvalue weighted by atomic mass is 16.5. The molecule has 4 heterocycles. The summed E-state index contributed by atoms with van der Waals surface area (Å²) in [5.74, 6) is 0.515. The summed E-state index contributed by atoms with van der Waals surface area (Å²) in [6.07, 6.45) is 3.45. The zero-order valence-electron chi connectivity index (χ0n) is 15.0. The van der Waals surface area contributed by atoms with Gasteiger partial charge in [0.25, 0.3) is 0 Å². The Labute approximate surface area is 148 Å². The molecule has 3 fully saturated rings. The summed E-state index contributed by atoms with van der Waals surface area (Å²) in [7, 11) is 3.35. The molecule has 0 aliphatic carbocycles. The van der Waals surface area contributed by atoms with E-state index in [0.717, 1.165) is 35.5 Å². The smallest absolute Gasteiger partial charge is 0.338 e. The number of nitrogens with zero attached hydrogens (tertiary/aromatic N) is 3. The molecule has 3 aliphatic heterocycles. The fraction of sp³-hybridized carbons (Fsp3) is 0.579. The van der Waals surface area contributed by atoms with Crippen molar-refractivity contribution in [2.24, 2.45) is 13.0 Å². The van der Waals surface area contributed by atoms with Crippen molar-refractivity contribution >= 4 is 16.9 Å². The van der Waals surface area contributed by atoms with Crippen molar-refractivity contribution in [3.8, 4) is 0 Å². The van der Waals surface area contributed by atoms with Crippen molar-refractivity contribution in [3.05, 3.63) is 29.5 Å². The number of carbonyl (C=O) groups is 1. The van der Waals surface area contributed by atoms with Crippen LogP contribution in [-0.4, -0.2) is 60.0 Å². The lowest BCUT2D eigenvalue weighted by molar-refractivity contribution is 0.0603. The summed E-state index contributed by atoms with van der Waals surface area (Å²) in [4.78, 5) is 14.7. The molecular formula is C19H26N4O2. The number of benzene rings is 1. The summed E-state index contributed by atoms with van der Waals surface area (Å²) in [6, 6.07) is 6.29. The molecule has 1 unspecified atom stereocenters. The molecule has 0 spiro atoms. The monoisotopic (exact) mass is 342 g/mol. The van der Waals surface area contributed by atoms with Crippen LogP contribution in [0.1, 0.15) is 28.9 Å². The molecule has 0 amide bonds. The largest absolute Gasteiger partial charge is 0.465 e. The third-order valence-corrected chi connectivity index (χ3v) is 5.78. The summed E-state index contributed by atoms with van der Waals surface area (Å²) in [5.41, 5.74) is 2.54. The van der Waals surface area contributed by atoms with Gasteiger partial charge in [0.15, 0.2) is 0 Å². The van der Waals surface area contributed by atoms with Crippen LogP contribution >= 0.6 is 0 Å². The Hall–Kier alpha value is -1.92. The van der Waals surface area contributed by atoms with E-state index in [1.165, 1.54) is 39.6 Å². The number of hydrogen-bond acceptors (Lipinski definition) is 5. The van der Waals surface area contributed by atoms with Crippen LogP contribution in [0, 0.1) is 5.92 Å². The Balaban J connectivity index is 1.50. The van der Waals surface area contributed by atoms with Gasteiger partial charge in [0.1, 0.15) is 0 Å². The highest BCUT2D eigenvalue weighted by Gasteiger charge is 2.33. The lowest BCUT2D eigenvalue weighted by Crippen LogP contribution is -2.56. The second-order valence-electron chi connectivity index (χ2n) is 7.21. The van der Waals surface area contributed by atoms with Gasteiger partial charge in [-0.15, -0.1) is 0 Å². The normalized spacial score (nSPS) is 25.4. The van der Waals surface area contributed by atoms with Crippen LogP contribution < -0.4 is 5.32 Å². The molecule has 0 radical (unpaired) electrons. The molecule has 1 N–H and O–H groups in total. The van der Waals surface area contributed by atoms with E-state index in [0.29, 0.717) is 11.6 Å². The summed E-state index contributed by atoms with van der Waals surface area (Å²) in [6.45, 7) is 4.57. The summed E-state index contributed by atoms with van der Waals surface area (Å²) >= 11 is 0. The van der Waals surface area contributed by atoms with Crippen LogP contribution in [-0.2, 0) is 18.2 Å². The van der Waals surface area contributed by atoms with E-state index < -0.39 is 0 Å². The van der Waals surface area contributed by atoms with Gasteiger partial charge in [-0.1, -0.05) is 6.07 Å². The standard InChI is InChI=1S/C19H26N4O2/c1-22-17-5-3-4-14(19(24)25-2)18(17)15(21-22)6-9-20-16-12-23-10-7-13(16)8-11-23/h3-5,13,16,20H,6-12H2,1-2H3. The quantitative estimate of drug-likeness (QED) is 0.836. The maximum atomic E-state index is 12.1. The molecule has 1 atom stereocenters. The van der Waals surface area contributed by atoms with Gasteiger partial charge in [0.2, 0.25) is 0 Å². The van der Waals surface area contributed by atoms with Gasteiger partial charge in [-0.2, -0.15) is 5.10 Å². The number of fused-ring (bicyclic) bond motifs is 4. The summed E-state index contributed by atoms with van der Waals surface area (Å²) < 4.78 is 6.80. The van der Waals surface area contributed by atoms with Gasteiger partial charge in [0.05, 0.1) is 23.9 Å². The predicted octanol–water partition coefficient (Wildman–Crippen LogP) is 1.59. The number of aromatic nitrogens is 2. The number of aryl methyl sites for hydroxylation is 1. The van der Waals surface area contributed by atoms with Crippen molar-refractivity contribution in [2.75, 3.05) is 33.3 Å². The van der Waals surface area contributed by atoms with Gasteiger partial charge in [-0.05, 0) is 44.0 Å². The highest BCUT2D eigenvalue weighted by molar-refractivity contribution is 6.04. The van der Waals surface area contributed by atoms with Gasteiger partial charge < -0.3 is 15.0 Å². The van der Waals surface area contributed by atoms with Crippen LogP contribution in [0.3, 0.4) is 0 Å². The van der Waals surface area contributed by atoms with E-state index in [2.05, 4.69) is 15.3 Å². The fourth-order valence-electron chi connectivity index (χ4n) is 4.43. The first-order chi connectivity index (χ1) is 12.2. The van der Waals surface area contributed by atoms with E-state index in [1.807, 2.05) is 29.9 Å². The molecule has 1 aromatic carbocycles. The van der Waals surface area contributed by atoms with Crippen LogP contribution in [0.25, 0.3) is 10.9 Å². The minimum Gasteiger partial charge on any atom is -0.465 e. The zero-order chi connectivity index (χ0) is 17.4. The topological polar surface area (TPSA) is 59.4 Å². The average molecular weight is 342 g/mol. The first-order valence-electron chi connectivity index (χ1n) is 9.16. The van der Waals surface area contributed by atoms with E-state index in [-0.39, 0.29) is 5.97 Å². The average Bonchev–Trinajstić information content (AvgIpc) is 2.98. The fourth-order valence-corrected chi connectivity index (χ4v) is 4.43. The number of hydrogen-bond donors (Lipinski definition) is 1. The number of rotatable bonds is 5. The van der Waals surface area contributed by atoms with Crippen molar-refractivity contribution in [1.82, 2.24) is 20.0 Å². The molecule has 6 heteroatoms. The third-order valence-electron chi connectivity index (χ3n) is 5.78. The number of carbonyl (C=O) groups excluding carboxylic acids is 1. The van der Waals surface area contributed by atoms with Gasteiger partial charge in [-0.25, -0.2) is 4.79 Å². The maximum absolute atomic E-state index is 12.1. The number of ether oxygens (including phenoxy) is 1. The zero-order valence-corrected chi connectivity index (χ0v) is 15.0. The molecule has 0 saturated carbocycles. The van der Waals surface area contributed by atoms with Crippen molar-refractivity contribution in [2.45, 2.75) is 25.3 Å². The number of methoxy groups -OCH3 is 1. The van der Waals surface area contributed by atoms with E-state index >= 15 is 0 Å². The number of piperidine rings is 3. The highest BCUT2D eigenvalue weighted by Crippen LogP contribution is 2.28. The second-order valence-corrected chi connectivity index (χ2v) is 7.21. The van der Waals surface area contributed by atoms with E-state index in [1.54, 1.807) is 0 Å². The maximum Gasteiger partial charge on any atom is 0.338 e. The molecule has 2 bridgehead atoms. The molecule has 5 rings (SSSR count). The first-order valence-corrected chi connectivity index (χ1v) is 9.16. The molecule has 3 aliphatic rings. The van der Waals surface area contributed by atoms with Crippen LogP contribution in [0.2, 0.25) is 0 Å². The molecule has 1 aromatic heterocycles. The minimum atomic E-state index is -0.301. The Bertz CT molecular complexity index is 777. The van der Waals surface area contributed by atoms with Gasteiger partial charge in [-0.3, -0.25) is 4.68 Å². The lowest BCUT2D eigenvalue weighted by atomic mass is 9.84. The molecule has 2 aromatic rings. The molecule has 3 saturated heterocycles. The number of nitrogens with one attached hydrogen (secondary N) is 1. The Morgan fingerprint density at radius 1 is 1.36 bits per heavy atom. The Kier molecular flexibility index (Phi) is 4.48. The molecule has 6 nitrogen and oxygen atoms in total. The van der Waals surface area contributed by atoms with E-state index in [4.69, 9.17) is 4.74 Å². The van der Waals surface area contributed by atoms with Crippen LogP contribution in [0.4, 0.5) is 0 Å². The van der Waals surface area contributed by atoms with Gasteiger partial charge >= 0.3 is 5.97 Å². The third kappa shape index (κ3) is 3.04. The van der Waals surface area contributed by atoms with Crippen molar-refractivity contribution < 1.29 is 9.53 Å². The lowest BCUT2D eigenvalue weighted by Gasteiger charge is -2.45. The number of esters is 1. The first kappa shape index (κ1) is 16.5. The van der Waals surface area contributed by atoms with Crippen LogP contribution in [0.15, 0.2) is 18.2 Å². The Morgan fingerprint density at radius 3 is 2.84 bits per heavy atom. The SMILES string of the molecule is COC(=O)c1cccc2c1c(CCNC1CN3CCC1CC3)nn2C. The van der Waals surface area contributed by atoms with Crippen molar-refractivity contribution in [3.63, 3.8) is 0 Å². The van der Waals surface area contributed by atoms with Gasteiger partial charge in [0, 0.05) is 38.0 Å². The molecule has 25 heavy (non-hydrogen) atoms. The summed E-state index contributed by atoms with van der Waals surface area (Å²) in [5, 5.41) is 9.31. The Morgan fingerprint density at radius 2 is 2.16 bits per heavy atom. The molecule has 134 valence electrons. The van der Waals surface area contributed by atoms with E-state index in [9.17, 15) is 4.79 Å². The van der Waals surface area contributed by atoms with Crippen molar-refractivity contribution in [1.29, 1.82) is 0 Å². The molecular weight excluding hydrogens is 316 g/mol.